The van der Waals surface area contributed by atoms with Crippen LogP contribution in [0.2, 0.25) is 5.15 Å². The minimum atomic E-state index is 0.0641. The first-order valence-electron chi connectivity index (χ1n) is 6.46. The monoisotopic (exact) mass is 289 g/mol. The Morgan fingerprint density at radius 1 is 1.30 bits per heavy atom. The Hall–Kier alpha value is -1.78. The lowest BCUT2D eigenvalue weighted by molar-refractivity contribution is 0.282. The van der Waals surface area contributed by atoms with Crippen molar-refractivity contribution in [1.29, 1.82) is 0 Å². The van der Waals surface area contributed by atoms with Gasteiger partial charge in [-0.25, -0.2) is 0 Å². The van der Waals surface area contributed by atoms with Crippen LogP contribution in [0.15, 0.2) is 30.5 Å². The molecular weight excluding hydrogens is 274 g/mol. The fourth-order valence-corrected chi connectivity index (χ4v) is 2.74. The van der Waals surface area contributed by atoms with Crippen LogP contribution in [0.5, 0.6) is 0 Å². The van der Waals surface area contributed by atoms with E-state index in [1.807, 2.05) is 44.4 Å². The predicted molar refractivity (Wildman–Crippen MR) is 79.9 cm³/mol. The summed E-state index contributed by atoms with van der Waals surface area (Å²) < 4.78 is 3.84. The smallest absolute Gasteiger partial charge is 0.131 e. The highest BCUT2D eigenvalue weighted by Crippen LogP contribution is 2.23. The molecule has 0 aliphatic rings. The molecule has 1 aromatic carbocycles. The maximum atomic E-state index is 9.18. The first-order valence-corrected chi connectivity index (χ1v) is 6.84. The summed E-state index contributed by atoms with van der Waals surface area (Å²) in [7, 11) is 1.85. The van der Waals surface area contributed by atoms with Gasteiger partial charge in [0.05, 0.1) is 18.8 Å². The van der Waals surface area contributed by atoms with Gasteiger partial charge in [-0.15, -0.1) is 0 Å². The Labute approximate surface area is 122 Å². The Bertz CT molecular complexity index is 773. The van der Waals surface area contributed by atoms with Crippen molar-refractivity contribution in [3.63, 3.8) is 0 Å². The summed E-state index contributed by atoms with van der Waals surface area (Å²) in [6.45, 7) is 2.73. The van der Waals surface area contributed by atoms with Gasteiger partial charge in [0, 0.05) is 24.3 Å². The lowest BCUT2D eigenvalue weighted by Crippen LogP contribution is -1.99. The standard InChI is InChI=1S/C15H16ClN3O/c1-10-13(15(16)18(2)17-10)8-19-6-5-12-7-11(9-20)3-4-14(12)19/h3-7,20H,8-9H2,1-2H3. The molecule has 3 aromatic rings. The van der Waals surface area contributed by atoms with Crippen LogP contribution in [0.3, 0.4) is 0 Å². The average molecular weight is 290 g/mol. The molecule has 2 heterocycles. The first-order chi connectivity index (χ1) is 9.60. The molecule has 0 bridgehead atoms. The zero-order chi connectivity index (χ0) is 14.3. The lowest BCUT2D eigenvalue weighted by Gasteiger charge is -2.06. The Balaban J connectivity index is 2.03. The number of rotatable bonds is 3. The summed E-state index contributed by atoms with van der Waals surface area (Å²) in [4.78, 5) is 0. The van der Waals surface area contributed by atoms with E-state index in [4.69, 9.17) is 11.6 Å². The van der Waals surface area contributed by atoms with Crippen molar-refractivity contribution in [3.8, 4) is 0 Å². The summed E-state index contributed by atoms with van der Waals surface area (Å²) in [5, 5.41) is 15.3. The van der Waals surface area contributed by atoms with Gasteiger partial charge in [0.25, 0.3) is 0 Å². The van der Waals surface area contributed by atoms with Crippen LogP contribution in [-0.2, 0) is 20.2 Å². The molecule has 0 radical (unpaired) electrons. The molecule has 1 N–H and O–H groups in total. The number of aliphatic hydroxyl groups excluding tert-OH is 1. The molecule has 0 atom stereocenters. The number of aliphatic hydroxyl groups is 1. The van der Waals surface area contributed by atoms with E-state index in [0.717, 1.165) is 27.7 Å². The Morgan fingerprint density at radius 2 is 2.10 bits per heavy atom. The van der Waals surface area contributed by atoms with Gasteiger partial charge in [-0.3, -0.25) is 4.68 Å². The van der Waals surface area contributed by atoms with Crippen molar-refractivity contribution in [2.45, 2.75) is 20.1 Å². The highest BCUT2D eigenvalue weighted by Gasteiger charge is 2.12. The van der Waals surface area contributed by atoms with E-state index in [1.54, 1.807) is 4.68 Å². The molecule has 4 nitrogen and oxygen atoms in total. The third kappa shape index (κ3) is 2.11. The molecular formula is C15H16ClN3O. The highest BCUT2D eigenvalue weighted by atomic mass is 35.5. The molecule has 20 heavy (non-hydrogen) atoms. The lowest BCUT2D eigenvalue weighted by atomic mass is 10.1. The first kappa shape index (κ1) is 13.2. The van der Waals surface area contributed by atoms with Gasteiger partial charge in [-0.05, 0) is 36.1 Å². The van der Waals surface area contributed by atoms with Crippen molar-refractivity contribution < 1.29 is 5.11 Å². The van der Waals surface area contributed by atoms with E-state index in [2.05, 4.69) is 9.67 Å². The predicted octanol–water partition coefficient (Wildman–Crippen LogP) is 2.88. The van der Waals surface area contributed by atoms with E-state index in [0.29, 0.717) is 11.7 Å². The van der Waals surface area contributed by atoms with Crippen LogP contribution in [0, 0.1) is 6.92 Å². The fourth-order valence-electron chi connectivity index (χ4n) is 2.51. The van der Waals surface area contributed by atoms with Crippen molar-refractivity contribution in [1.82, 2.24) is 14.3 Å². The van der Waals surface area contributed by atoms with Gasteiger partial charge in [-0.2, -0.15) is 5.10 Å². The molecule has 0 saturated heterocycles. The maximum absolute atomic E-state index is 9.18. The molecule has 0 unspecified atom stereocenters. The van der Waals surface area contributed by atoms with Crippen molar-refractivity contribution in [2.75, 3.05) is 0 Å². The SMILES string of the molecule is Cc1nn(C)c(Cl)c1Cn1ccc2cc(CO)ccc21. The topological polar surface area (TPSA) is 43.0 Å². The van der Waals surface area contributed by atoms with E-state index >= 15 is 0 Å². The van der Waals surface area contributed by atoms with Crippen LogP contribution in [0.25, 0.3) is 10.9 Å². The van der Waals surface area contributed by atoms with E-state index in [-0.39, 0.29) is 6.61 Å². The Morgan fingerprint density at radius 3 is 2.75 bits per heavy atom. The van der Waals surface area contributed by atoms with Gasteiger partial charge in [0.15, 0.2) is 0 Å². The second-order valence-electron chi connectivity index (χ2n) is 4.97. The second-order valence-corrected chi connectivity index (χ2v) is 5.33. The quantitative estimate of drug-likeness (QED) is 0.806. The second kappa shape index (κ2) is 4.96. The molecule has 104 valence electrons. The summed E-state index contributed by atoms with van der Waals surface area (Å²) >= 11 is 6.28. The summed E-state index contributed by atoms with van der Waals surface area (Å²) in [5.74, 6) is 0. The number of nitrogens with zero attached hydrogens (tertiary/aromatic N) is 3. The summed E-state index contributed by atoms with van der Waals surface area (Å²) in [6, 6.07) is 8.02. The molecule has 0 amide bonds. The van der Waals surface area contributed by atoms with E-state index < -0.39 is 0 Å². The number of hydrogen-bond donors (Lipinski definition) is 1. The van der Waals surface area contributed by atoms with Crippen molar-refractivity contribution in [3.05, 3.63) is 52.4 Å². The van der Waals surface area contributed by atoms with Crippen LogP contribution >= 0.6 is 11.6 Å². The molecule has 2 aromatic heterocycles. The zero-order valence-corrected chi connectivity index (χ0v) is 12.2. The summed E-state index contributed by atoms with van der Waals surface area (Å²) in [6.07, 6.45) is 2.04. The third-order valence-electron chi connectivity index (χ3n) is 3.62. The number of fused-ring (bicyclic) bond motifs is 1. The fraction of sp³-hybridized carbons (Fsp3) is 0.267. The van der Waals surface area contributed by atoms with Gasteiger partial charge >= 0.3 is 0 Å². The number of halogens is 1. The number of aromatic nitrogens is 3. The average Bonchev–Trinajstić information content (AvgIpc) is 2.95. The van der Waals surface area contributed by atoms with Gasteiger partial charge in [-0.1, -0.05) is 17.7 Å². The van der Waals surface area contributed by atoms with Crippen LogP contribution < -0.4 is 0 Å². The largest absolute Gasteiger partial charge is 0.392 e. The van der Waals surface area contributed by atoms with E-state index in [9.17, 15) is 5.11 Å². The van der Waals surface area contributed by atoms with Crippen LogP contribution in [-0.4, -0.2) is 19.5 Å². The third-order valence-corrected chi connectivity index (χ3v) is 4.09. The van der Waals surface area contributed by atoms with Crippen molar-refractivity contribution >= 4 is 22.5 Å². The maximum Gasteiger partial charge on any atom is 0.131 e. The van der Waals surface area contributed by atoms with Crippen molar-refractivity contribution in [2.24, 2.45) is 7.05 Å². The minimum absolute atomic E-state index is 0.0641. The van der Waals surface area contributed by atoms with Crippen LogP contribution in [0.1, 0.15) is 16.8 Å². The molecule has 0 fully saturated rings. The summed E-state index contributed by atoms with van der Waals surface area (Å²) in [5.41, 5.74) is 4.04. The molecule has 0 aliphatic carbocycles. The number of benzene rings is 1. The van der Waals surface area contributed by atoms with E-state index in [1.165, 1.54) is 0 Å². The molecule has 0 aliphatic heterocycles. The van der Waals surface area contributed by atoms with Gasteiger partial charge in [0.1, 0.15) is 5.15 Å². The number of aryl methyl sites for hydroxylation is 2. The Kier molecular flexibility index (Phi) is 3.28. The van der Waals surface area contributed by atoms with Gasteiger partial charge < -0.3 is 9.67 Å². The molecule has 0 spiro atoms. The number of hydrogen-bond acceptors (Lipinski definition) is 2. The zero-order valence-electron chi connectivity index (χ0n) is 11.5. The molecule has 3 rings (SSSR count). The van der Waals surface area contributed by atoms with Gasteiger partial charge in [0.2, 0.25) is 0 Å². The molecule has 0 saturated carbocycles. The highest BCUT2D eigenvalue weighted by molar-refractivity contribution is 6.30. The normalized spacial score (nSPS) is 11.4. The van der Waals surface area contributed by atoms with Crippen LogP contribution in [0.4, 0.5) is 0 Å². The minimum Gasteiger partial charge on any atom is -0.392 e. The molecule has 5 heteroatoms.